The van der Waals surface area contributed by atoms with E-state index in [0.29, 0.717) is 32.4 Å². The first-order valence-corrected chi connectivity index (χ1v) is 11.8. The van der Waals surface area contributed by atoms with Crippen molar-refractivity contribution < 1.29 is 29.0 Å². The normalized spacial score (nSPS) is 36.0. The fraction of sp³-hybridized carbons (Fsp3) is 0.870. The molecule has 0 aromatic rings. The van der Waals surface area contributed by atoms with E-state index < -0.39 is 35.0 Å². The molecule has 3 heterocycles. The Balaban J connectivity index is 1.94. The first-order valence-electron chi connectivity index (χ1n) is 11.8. The molecular formula is C23H38N2O6. The molecule has 3 saturated heterocycles. The summed E-state index contributed by atoms with van der Waals surface area (Å²) in [6.45, 7) is 8.92. The minimum absolute atomic E-state index is 0.0127. The minimum Gasteiger partial charge on any atom is -0.466 e. The number of rotatable bonds is 11. The molecule has 1 spiro atoms. The van der Waals surface area contributed by atoms with Gasteiger partial charge >= 0.3 is 5.97 Å². The number of carbonyl (C=O) groups excluding carboxylic acids is 3. The highest BCUT2D eigenvalue weighted by Crippen LogP contribution is 2.65. The fourth-order valence-corrected chi connectivity index (χ4v) is 5.95. The first kappa shape index (κ1) is 24.0. The highest BCUT2D eigenvalue weighted by Gasteiger charge is 2.80. The number of hydrogen-bond acceptors (Lipinski definition) is 6. The summed E-state index contributed by atoms with van der Waals surface area (Å²) in [5.41, 5.74) is -1.85. The van der Waals surface area contributed by atoms with E-state index in [0.717, 1.165) is 19.3 Å². The maximum absolute atomic E-state index is 13.6. The van der Waals surface area contributed by atoms with Gasteiger partial charge in [0, 0.05) is 19.7 Å². The third-order valence-corrected chi connectivity index (χ3v) is 7.49. The molecule has 3 fully saturated rings. The van der Waals surface area contributed by atoms with Gasteiger partial charge in [-0.1, -0.05) is 26.7 Å². The van der Waals surface area contributed by atoms with Crippen molar-refractivity contribution in [3.8, 4) is 0 Å². The van der Waals surface area contributed by atoms with E-state index in [1.165, 1.54) is 0 Å². The number of nitrogens with one attached hydrogen (secondary N) is 1. The standard InChI is InChI=1S/C23H38N2O6/c1-5-7-8-11-24-19(27)18-23-14-15(3)22(4,31-23)17(21(29)30-6-2)16(23)20(28)25(18)12-9-10-13-26/h15-18,26H,5-14H2,1-4H3,(H,24,27)/t15?,16-,17-,18?,22+,23?/m0/s1. The predicted molar refractivity (Wildman–Crippen MR) is 114 cm³/mol. The molecule has 2 N–H and O–H groups in total. The molecule has 0 saturated carbocycles. The van der Waals surface area contributed by atoms with Gasteiger partial charge in [0.25, 0.3) is 0 Å². The molecule has 31 heavy (non-hydrogen) atoms. The van der Waals surface area contributed by atoms with Gasteiger partial charge in [-0.25, -0.2) is 0 Å². The van der Waals surface area contributed by atoms with Crippen molar-refractivity contribution in [3.63, 3.8) is 0 Å². The van der Waals surface area contributed by atoms with Gasteiger partial charge in [-0.2, -0.15) is 0 Å². The average Bonchev–Trinajstić information content (AvgIpc) is 3.23. The molecule has 3 rings (SSSR count). The summed E-state index contributed by atoms with van der Waals surface area (Å²) in [6.07, 6.45) is 4.64. The molecule has 8 nitrogen and oxygen atoms in total. The van der Waals surface area contributed by atoms with E-state index in [1.54, 1.807) is 11.8 Å². The van der Waals surface area contributed by atoms with Gasteiger partial charge < -0.3 is 24.8 Å². The Hall–Kier alpha value is -1.67. The van der Waals surface area contributed by atoms with Crippen LogP contribution in [0.25, 0.3) is 0 Å². The quantitative estimate of drug-likeness (QED) is 0.375. The second-order valence-corrected chi connectivity index (χ2v) is 9.42. The van der Waals surface area contributed by atoms with Crippen LogP contribution in [0.3, 0.4) is 0 Å². The van der Waals surface area contributed by atoms with E-state index in [2.05, 4.69) is 12.2 Å². The van der Waals surface area contributed by atoms with Gasteiger partial charge in [0.2, 0.25) is 11.8 Å². The molecule has 6 atom stereocenters. The van der Waals surface area contributed by atoms with Gasteiger partial charge in [0.1, 0.15) is 17.6 Å². The van der Waals surface area contributed by atoms with Crippen LogP contribution in [0.15, 0.2) is 0 Å². The van der Waals surface area contributed by atoms with E-state index in [-0.39, 0.29) is 30.9 Å². The molecule has 0 aromatic heterocycles. The molecule has 0 aromatic carbocycles. The van der Waals surface area contributed by atoms with Crippen LogP contribution in [0.2, 0.25) is 0 Å². The Labute approximate surface area is 185 Å². The Morgan fingerprint density at radius 1 is 1.26 bits per heavy atom. The molecular weight excluding hydrogens is 400 g/mol. The first-order chi connectivity index (χ1) is 14.8. The maximum Gasteiger partial charge on any atom is 0.312 e. The Morgan fingerprint density at radius 2 is 2.00 bits per heavy atom. The maximum atomic E-state index is 13.6. The number of unbranched alkanes of at least 4 members (excludes halogenated alkanes) is 3. The van der Waals surface area contributed by atoms with Crippen molar-refractivity contribution in [1.29, 1.82) is 0 Å². The van der Waals surface area contributed by atoms with E-state index in [1.807, 2.05) is 13.8 Å². The SMILES string of the molecule is CCCCCNC(=O)C1N(CCCCO)C(=O)[C@@H]2[C@@H](C(=O)OCC)[C@]3(C)OC12CC3C. The summed E-state index contributed by atoms with van der Waals surface area (Å²) >= 11 is 0. The van der Waals surface area contributed by atoms with Crippen molar-refractivity contribution in [2.24, 2.45) is 17.8 Å². The molecule has 176 valence electrons. The van der Waals surface area contributed by atoms with Crippen LogP contribution in [-0.4, -0.2) is 71.3 Å². The van der Waals surface area contributed by atoms with Crippen LogP contribution < -0.4 is 5.32 Å². The summed E-state index contributed by atoms with van der Waals surface area (Å²) in [6, 6.07) is -0.769. The number of ether oxygens (including phenoxy) is 2. The van der Waals surface area contributed by atoms with Crippen molar-refractivity contribution in [3.05, 3.63) is 0 Å². The summed E-state index contributed by atoms with van der Waals surface area (Å²) < 4.78 is 11.9. The summed E-state index contributed by atoms with van der Waals surface area (Å²) in [5.74, 6) is -2.26. The van der Waals surface area contributed by atoms with Crippen molar-refractivity contribution >= 4 is 17.8 Å². The third kappa shape index (κ3) is 3.86. The monoisotopic (exact) mass is 438 g/mol. The zero-order valence-corrected chi connectivity index (χ0v) is 19.3. The predicted octanol–water partition coefficient (Wildman–Crippen LogP) is 1.64. The largest absolute Gasteiger partial charge is 0.466 e. The Bertz CT molecular complexity index is 700. The number of likely N-dealkylation sites (tertiary alicyclic amines) is 1. The van der Waals surface area contributed by atoms with Gasteiger partial charge in [0.05, 0.1) is 18.1 Å². The van der Waals surface area contributed by atoms with Gasteiger partial charge in [-0.3, -0.25) is 14.4 Å². The lowest BCUT2D eigenvalue weighted by Gasteiger charge is -2.35. The van der Waals surface area contributed by atoms with Gasteiger partial charge in [-0.15, -0.1) is 0 Å². The van der Waals surface area contributed by atoms with E-state index in [9.17, 15) is 19.5 Å². The summed E-state index contributed by atoms with van der Waals surface area (Å²) in [4.78, 5) is 41.6. The number of amides is 2. The van der Waals surface area contributed by atoms with Crippen LogP contribution >= 0.6 is 0 Å². The van der Waals surface area contributed by atoms with Crippen molar-refractivity contribution in [2.45, 2.75) is 83.5 Å². The van der Waals surface area contributed by atoms with Crippen molar-refractivity contribution in [2.75, 3.05) is 26.3 Å². The van der Waals surface area contributed by atoms with Crippen LogP contribution in [-0.2, 0) is 23.9 Å². The van der Waals surface area contributed by atoms with Crippen LogP contribution in [0.4, 0.5) is 0 Å². The lowest BCUT2D eigenvalue weighted by molar-refractivity contribution is -0.161. The lowest BCUT2D eigenvalue weighted by Crippen LogP contribution is -2.55. The average molecular weight is 439 g/mol. The zero-order valence-electron chi connectivity index (χ0n) is 19.3. The summed E-state index contributed by atoms with van der Waals surface area (Å²) in [7, 11) is 0. The zero-order chi connectivity index (χ0) is 22.8. The number of hydrogen-bond donors (Lipinski definition) is 2. The second kappa shape index (κ2) is 9.45. The van der Waals surface area contributed by atoms with Gasteiger partial charge in [0.15, 0.2) is 0 Å². The molecule has 0 aliphatic carbocycles. The van der Waals surface area contributed by atoms with Crippen LogP contribution in [0.1, 0.15) is 66.2 Å². The molecule has 8 heteroatoms. The highest BCUT2D eigenvalue weighted by molar-refractivity contribution is 5.98. The molecule has 3 aliphatic rings. The molecule has 3 aliphatic heterocycles. The fourth-order valence-electron chi connectivity index (χ4n) is 5.95. The highest BCUT2D eigenvalue weighted by atomic mass is 16.6. The number of nitrogens with zero attached hydrogens (tertiary/aromatic N) is 1. The third-order valence-electron chi connectivity index (χ3n) is 7.49. The second-order valence-electron chi connectivity index (χ2n) is 9.42. The smallest absolute Gasteiger partial charge is 0.312 e. The van der Waals surface area contributed by atoms with Crippen molar-refractivity contribution in [1.82, 2.24) is 10.2 Å². The number of esters is 1. The lowest BCUT2D eigenvalue weighted by atomic mass is 9.62. The topological polar surface area (TPSA) is 105 Å². The number of fused-ring (bicyclic) bond motifs is 1. The number of aliphatic hydroxyl groups is 1. The summed E-state index contributed by atoms with van der Waals surface area (Å²) in [5, 5.41) is 12.2. The number of aliphatic hydroxyl groups excluding tert-OH is 1. The number of carbonyl (C=O) groups is 3. The molecule has 2 amide bonds. The molecule has 3 unspecified atom stereocenters. The van der Waals surface area contributed by atoms with Crippen LogP contribution in [0, 0.1) is 17.8 Å². The molecule has 0 radical (unpaired) electrons. The minimum atomic E-state index is -1.02. The van der Waals surface area contributed by atoms with E-state index >= 15 is 0 Å². The molecule has 2 bridgehead atoms. The van der Waals surface area contributed by atoms with Crippen LogP contribution in [0.5, 0.6) is 0 Å². The van der Waals surface area contributed by atoms with E-state index in [4.69, 9.17) is 9.47 Å². The Morgan fingerprint density at radius 3 is 2.65 bits per heavy atom. The Kier molecular flexibility index (Phi) is 7.31. The van der Waals surface area contributed by atoms with Gasteiger partial charge in [-0.05, 0) is 45.4 Å².